The summed E-state index contributed by atoms with van der Waals surface area (Å²) in [6.45, 7) is 0. The van der Waals surface area contributed by atoms with E-state index in [1.54, 1.807) is 6.07 Å². The van der Waals surface area contributed by atoms with Gasteiger partial charge in [0.15, 0.2) is 0 Å². The number of hydrogen-bond acceptors (Lipinski definition) is 1. The molecule has 5 aromatic rings. The van der Waals surface area contributed by atoms with Gasteiger partial charge in [0.05, 0.1) is 0 Å². The average Bonchev–Trinajstić information content (AvgIpc) is 2.86. The average molecular weight is 399 g/mol. The minimum Gasteiger partial charge on any atom is -0.507 e. The van der Waals surface area contributed by atoms with Crippen molar-refractivity contribution < 1.29 is 5.11 Å². The number of hydrogen-bond donors (Lipinski definition) is 1. The lowest BCUT2D eigenvalue weighted by molar-refractivity contribution is 0.477. The molecule has 0 aromatic heterocycles. The van der Waals surface area contributed by atoms with Crippen LogP contribution in [0.5, 0.6) is 5.75 Å². The molecule has 0 aliphatic carbocycles. The molecule has 0 fully saturated rings. The summed E-state index contributed by atoms with van der Waals surface area (Å²) in [6.07, 6.45) is 0. The van der Waals surface area contributed by atoms with Crippen molar-refractivity contribution in [1.82, 2.24) is 0 Å². The van der Waals surface area contributed by atoms with E-state index in [2.05, 4.69) is 84.9 Å². The zero-order valence-corrected chi connectivity index (χ0v) is 17.1. The molecular formula is C30H22O. The van der Waals surface area contributed by atoms with Gasteiger partial charge in [-0.25, -0.2) is 0 Å². The molecule has 0 radical (unpaired) electrons. The van der Waals surface area contributed by atoms with Crippen LogP contribution in [-0.4, -0.2) is 5.11 Å². The van der Waals surface area contributed by atoms with E-state index in [4.69, 9.17) is 0 Å². The Bertz CT molecular complexity index is 1250. The Kier molecular flexibility index (Phi) is 5.08. The summed E-state index contributed by atoms with van der Waals surface area (Å²) < 4.78 is 0. The van der Waals surface area contributed by atoms with Gasteiger partial charge in [-0.1, -0.05) is 97.1 Å². The van der Waals surface area contributed by atoms with Gasteiger partial charge in [-0.05, 0) is 69.3 Å². The third-order valence-corrected chi connectivity index (χ3v) is 5.56. The van der Waals surface area contributed by atoms with E-state index in [9.17, 15) is 5.11 Å². The van der Waals surface area contributed by atoms with E-state index < -0.39 is 0 Å². The summed E-state index contributed by atoms with van der Waals surface area (Å²) in [5, 5.41) is 10.8. The third-order valence-electron chi connectivity index (χ3n) is 5.56. The zero-order chi connectivity index (χ0) is 21.0. The molecule has 5 aromatic carbocycles. The standard InChI is InChI=1S/C30H22O/c31-30-17-16-25(22-10-4-1-5-11-22)21-29(30)28-19-26(23-12-6-2-7-13-23)18-27(20-28)24-14-8-3-9-15-24/h1-21,31H. The minimum absolute atomic E-state index is 0.281. The number of phenols is 1. The van der Waals surface area contributed by atoms with Crippen molar-refractivity contribution in [2.24, 2.45) is 0 Å². The molecule has 0 atom stereocenters. The highest BCUT2D eigenvalue weighted by Gasteiger charge is 2.11. The first-order chi connectivity index (χ1) is 15.3. The van der Waals surface area contributed by atoms with Crippen molar-refractivity contribution in [2.75, 3.05) is 0 Å². The van der Waals surface area contributed by atoms with Gasteiger partial charge in [0.1, 0.15) is 5.75 Å². The normalized spacial score (nSPS) is 10.7. The van der Waals surface area contributed by atoms with Crippen LogP contribution in [0, 0.1) is 0 Å². The molecule has 0 saturated carbocycles. The minimum atomic E-state index is 0.281. The fourth-order valence-corrected chi connectivity index (χ4v) is 3.96. The summed E-state index contributed by atoms with van der Waals surface area (Å²) in [5.74, 6) is 0.281. The van der Waals surface area contributed by atoms with Crippen molar-refractivity contribution in [3.05, 3.63) is 127 Å². The third kappa shape index (κ3) is 3.99. The molecule has 148 valence electrons. The molecule has 1 nitrogen and oxygen atoms in total. The van der Waals surface area contributed by atoms with E-state index in [1.165, 1.54) is 0 Å². The first kappa shape index (κ1) is 18.9. The van der Waals surface area contributed by atoms with E-state index in [0.717, 1.165) is 44.5 Å². The van der Waals surface area contributed by atoms with E-state index in [-0.39, 0.29) is 5.75 Å². The van der Waals surface area contributed by atoms with Gasteiger partial charge >= 0.3 is 0 Å². The predicted molar refractivity (Wildman–Crippen MR) is 130 cm³/mol. The second-order valence-electron chi connectivity index (χ2n) is 7.63. The van der Waals surface area contributed by atoms with Crippen molar-refractivity contribution >= 4 is 0 Å². The molecule has 0 aliphatic rings. The maximum absolute atomic E-state index is 10.8. The molecule has 5 rings (SSSR count). The van der Waals surface area contributed by atoms with Crippen LogP contribution >= 0.6 is 0 Å². The van der Waals surface area contributed by atoms with E-state index in [1.807, 2.05) is 36.4 Å². The van der Waals surface area contributed by atoms with Gasteiger partial charge < -0.3 is 5.11 Å². The van der Waals surface area contributed by atoms with E-state index >= 15 is 0 Å². The van der Waals surface area contributed by atoms with Gasteiger partial charge in [0.25, 0.3) is 0 Å². The maximum atomic E-state index is 10.8. The number of phenolic OH excluding ortho intramolecular Hbond substituents is 1. The predicted octanol–water partition coefficient (Wildman–Crippen LogP) is 8.06. The zero-order valence-electron chi connectivity index (χ0n) is 17.1. The van der Waals surface area contributed by atoms with Crippen molar-refractivity contribution in [3.8, 4) is 50.3 Å². The Morgan fingerprint density at radius 1 is 0.323 bits per heavy atom. The molecule has 0 aliphatic heterocycles. The lowest BCUT2D eigenvalue weighted by Gasteiger charge is -2.13. The SMILES string of the molecule is Oc1ccc(-c2ccccc2)cc1-c1cc(-c2ccccc2)cc(-c2ccccc2)c1. The van der Waals surface area contributed by atoms with E-state index in [0.29, 0.717) is 0 Å². The number of rotatable bonds is 4. The largest absolute Gasteiger partial charge is 0.507 e. The van der Waals surface area contributed by atoms with Crippen LogP contribution in [-0.2, 0) is 0 Å². The topological polar surface area (TPSA) is 20.2 Å². The molecule has 0 bridgehead atoms. The monoisotopic (exact) mass is 398 g/mol. The Labute approximate surface area is 182 Å². The highest BCUT2D eigenvalue weighted by molar-refractivity contribution is 5.85. The molecule has 1 N–H and O–H groups in total. The molecule has 0 unspecified atom stereocenters. The lowest BCUT2D eigenvalue weighted by atomic mass is 9.91. The van der Waals surface area contributed by atoms with Crippen LogP contribution in [0.1, 0.15) is 0 Å². The first-order valence-corrected chi connectivity index (χ1v) is 10.4. The maximum Gasteiger partial charge on any atom is 0.123 e. The Morgan fingerprint density at radius 3 is 1.23 bits per heavy atom. The highest BCUT2D eigenvalue weighted by atomic mass is 16.3. The fraction of sp³-hybridized carbons (Fsp3) is 0. The number of benzene rings is 5. The summed E-state index contributed by atoms with van der Waals surface area (Å²) in [7, 11) is 0. The molecule has 1 heteroatoms. The Morgan fingerprint density at radius 2 is 0.742 bits per heavy atom. The van der Waals surface area contributed by atoms with Crippen LogP contribution in [0.2, 0.25) is 0 Å². The summed E-state index contributed by atoms with van der Waals surface area (Å²) >= 11 is 0. The van der Waals surface area contributed by atoms with Gasteiger partial charge in [-0.3, -0.25) is 0 Å². The smallest absolute Gasteiger partial charge is 0.123 e. The number of aromatic hydroxyl groups is 1. The van der Waals surface area contributed by atoms with Crippen molar-refractivity contribution in [2.45, 2.75) is 0 Å². The fourth-order valence-electron chi connectivity index (χ4n) is 3.96. The molecule has 31 heavy (non-hydrogen) atoms. The Hall–Kier alpha value is -4.10. The van der Waals surface area contributed by atoms with Gasteiger partial charge in [0.2, 0.25) is 0 Å². The van der Waals surface area contributed by atoms with Gasteiger partial charge in [-0.2, -0.15) is 0 Å². The molecular weight excluding hydrogens is 376 g/mol. The summed E-state index contributed by atoms with van der Waals surface area (Å²) in [5.41, 5.74) is 8.60. The quantitative estimate of drug-likeness (QED) is 0.324. The van der Waals surface area contributed by atoms with Crippen molar-refractivity contribution in [1.29, 1.82) is 0 Å². The van der Waals surface area contributed by atoms with Crippen LogP contribution in [0.15, 0.2) is 127 Å². The Balaban J connectivity index is 1.70. The summed E-state index contributed by atoms with van der Waals surface area (Å²) in [6, 6.07) is 43.4. The summed E-state index contributed by atoms with van der Waals surface area (Å²) in [4.78, 5) is 0. The lowest BCUT2D eigenvalue weighted by Crippen LogP contribution is -1.87. The van der Waals surface area contributed by atoms with Crippen LogP contribution in [0.25, 0.3) is 44.5 Å². The molecule has 0 saturated heterocycles. The van der Waals surface area contributed by atoms with Gasteiger partial charge in [0, 0.05) is 5.56 Å². The molecule has 0 spiro atoms. The van der Waals surface area contributed by atoms with Crippen LogP contribution in [0.4, 0.5) is 0 Å². The van der Waals surface area contributed by atoms with Crippen LogP contribution in [0.3, 0.4) is 0 Å². The van der Waals surface area contributed by atoms with Gasteiger partial charge in [-0.15, -0.1) is 0 Å². The van der Waals surface area contributed by atoms with Crippen LogP contribution < -0.4 is 0 Å². The van der Waals surface area contributed by atoms with Crippen molar-refractivity contribution in [3.63, 3.8) is 0 Å². The highest BCUT2D eigenvalue weighted by Crippen LogP contribution is 2.38. The second-order valence-corrected chi connectivity index (χ2v) is 7.63. The first-order valence-electron chi connectivity index (χ1n) is 10.4. The molecule has 0 heterocycles. The molecule has 0 amide bonds. The second kappa shape index (κ2) is 8.33.